The highest BCUT2D eigenvalue weighted by Crippen LogP contribution is 2.22. The molecule has 0 aliphatic carbocycles. The first-order valence-corrected chi connectivity index (χ1v) is 8.24. The third-order valence-corrected chi connectivity index (χ3v) is 3.48. The molecule has 1 aromatic carbocycles. The summed E-state index contributed by atoms with van der Waals surface area (Å²) >= 11 is 7.91. The molecular formula is C15H16ClIN4O2. The van der Waals surface area contributed by atoms with Gasteiger partial charge in [-0.2, -0.15) is 4.98 Å². The van der Waals surface area contributed by atoms with Crippen LogP contribution in [0.4, 0.5) is 22.0 Å². The van der Waals surface area contributed by atoms with E-state index in [4.69, 9.17) is 16.3 Å². The van der Waals surface area contributed by atoms with Gasteiger partial charge >= 0.3 is 6.09 Å². The van der Waals surface area contributed by atoms with Crippen LogP contribution in [-0.4, -0.2) is 21.7 Å². The third kappa shape index (κ3) is 5.83. The van der Waals surface area contributed by atoms with Crippen molar-refractivity contribution in [1.82, 2.24) is 9.97 Å². The van der Waals surface area contributed by atoms with Crippen LogP contribution in [0.2, 0.25) is 5.28 Å². The van der Waals surface area contributed by atoms with E-state index >= 15 is 0 Å². The van der Waals surface area contributed by atoms with E-state index in [1.807, 2.05) is 32.9 Å². The number of rotatable bonds is 3. The van der Waals surface area contributed by atoms with Crippen LogP contribution in [0.3, 0.4) is 0 Å². The fourth-order valence-corrected chi connectivity index (χ4v) is 2.16. The van der Waals surface area contributed by atoms with E-state index in [9.17, 15) is 4.79 Å². The molecule has 2 N–H and O–H groups in total. The lowest BCUT2D eigenvalue weighted by molar-refractivity contribution is 0.0636. The Hall–Kier alpha value is -1.61. The van der Waals surface area contributed by atoms with E-state index < -0.39 is 11.7 Å². The zero-order chi connectivity index (χ0) is 17.0. The van der Waals surface area contributed by atoms with Crippen molar-refractivity contribution in [2.45, 2.75) is 26.4 Å². The number of carbonyl (C=O) groups excluding carboxylic acids is 1. The summed E-state index contributed by atoms with van der Waals surface area (Å²) in [4.78, 5) is 19.7. The molecule has 1 amide bonds. The number of aromatic nitrogens is 2. The van der Waals surface area contributed by atoms with Gasteiger partial charge in [-0.15, -0.1) is 0 Å². The summed E-state index contributed by atoms with van der Waals surface area (Å²) in [7, 11) is 0. The molecule has 0 spiro atoms. The van der Waals surface area contributed by atoms with Crippen LogP contribution < -0.4 is 10.6 Å². The largest absolute Gasteiger partial charge is 0.444 e. The number of nitrogens with one attached hydrogen (secondary N) is 2. The summed E-state index contributed by atoms with van der Waals surface area (Å²) in [6, 6.07) is 7.17. The highest BCUT2D eigenvalue weighted by molar-refractivity contribution is 14.1. The summed E-state index contributed by atoms with van der Waals surface area (Å²) < 4.78 is 6.05. The first kappa shape index (κ1) is 17.7. The number of nitrogens with zero attached hydrogens (tertiary/aromatic N) is 2. The molecule has 0 fully saturated rings. The summed E-state index contributed by atoms with van der Waals surface area (Å²) in [6.07, 6.45) is 1.15. The average Bonchev–Trinajstić information content (AvgIpc) is 2.43. The second-order valence-electron chi connectivity index (χ2n) is 5.66. The standard InChI is InChI=1S/C15H16ClIN4O2/c1-15(2,3)23-14(22)20-10-6-4-9(5-7-10)19-12-11(17)8-18-13(16)21-12/h4-8H,1-3H3,(H,20,22)(H,18,19,21). The zero-order valence-electron chi connectivity index (χ0n) is 12.9. The fraction of sp³-hybridized carbons (Fsp3) is 0.267. The molecule has 23 heavy (non-hydrogen) atoms. The number of benzene rings is 1. The van der Waals surface area contributed by atoms with Crippen molar-refractivity contribution in [3.8, 4) is 0 Å². The van der Waals surface area contributed by atoms with Gasteiger partial charge in [-0.25, -0.2) is 9.78 Å². The van der Waals surface area contributed by atoms with Crippen LogP contribution in [0.15, 0.2) is 30.5 Å². The van der Waals surface area contributed by atoms with E-state index in [0.29, 0.717) is 11.5 Å². The molecule has 0 saturated carbocycles. The number of hydrogen-bond donors (Lipinski definition) is 2. The average molecular weight is 447 g/mol. The van der Waals surface area contributed by atoms with Crippen LogP contribution in [0.1, 0.15) is 20.8 Å². The van der Waals surface area contributed by atoms with Gasteiger partial charge in [0.15, 0.2) is 0 Å². The normalized spacial score (nSPS) is 11.0. The van der Waals surface area contributed by atoms with Crippen molar-refractivity contribution in [3.05, 3.63) is 39.3 Å². The Labute approximate surface area is 153 Å². The molecule has 2 rings (SSSR count). The summed E-state index contributed by atoms with van der Waals surface area (Å²) in [5.74, 6) is 0.624. The molecule has 1 heterocycles. The van der Waals surface area contributed by atoms with Gasteiger partial charge in [-0.3, -0.25) is 5.32 Å². The van der Waals surface area contributed by atoms with Crippen molar-refractivity contribution in [1.29, 1.82) is 0 Å². The molecule has 0 unspecified atom stereocenters. The Morgan fingerprint density at radius 2 is 1.83 bits per heavy atom. The van der Waals surface area contributed by atoms with Crippen LogP contribution in [0.25, 0.3) is 0 Å². The molecular weight excluding hydrogens is 431 g/mol. The molecule has 0 atom stereocenters. The number of amides is 1. The lowest BCUT2D eigenvalue weighted by Gasteiger charge is -2.19. The van der Waals surface area contributed by atoms with Crippen LogP contribution in [-0.2, 0) is 4.74 Å². The molecule has 0 aliphatic rings. The summed E-state index contributed by atoms with van der Waals surface area (Å²) in [6.45, 7) is 5.44. The first-order chi connectivity index (χ1) is 10.7. The van der Waals surface area contributed by atoms with Gasteiger partial charge in [0.1, 0.15) is 11.4 Å². The van der Waals surface area contributed by atoms with E-state index in [-0.39, 0.29) is 5.28 Å². The molecule has 8 heteroatoms. The minimum atomic E-state index is -0.533. The van der Waals surface area contributed by atoms with Crippen molar-refractivity contribution >= 4 is 57.5 Å². The van der Waals surface area contributed by atoms with E-state index in [1.54, 1.807) is 18.3 Å². The van der Waals surface area contributed by atoms with Crippen molar-refractivity contribution in [2.24, 2.45) is 0 Å². The summed E-state index contributed by atoms with van der Waals surface area (Å²) in [5.41, 5.74) is 0.918. The minimum Gasteiger partial charge on any atom is -0.444 e. The number of halogens is 2. The molecule has 0 saturated heterocycles. The second kappa shape index (κ2) is 7.31. The molecule has 2 aromatic rings. The van der Waals surface area contributed by atoms with Crippen LogP contribution in [0.5, 0.6) is 0 Å². The van der Waals surface area contributed by atoms with E-state index in [2.05, 4.69) is 43.2 Å². The van der Waals surface area contributed by atoms with Gasteiger partial charge in [0.05, 0.1) is 3.57 Å². The van der Waals surface area contributed by atoms with Crippen molar-refractivity contribution in [3.63, 3.8) is 0 Å². The lowest BCUT2D eigenvalue weighted by Crippen LogP contribution is -2.27. The fourth-order valence-electron chi connectivity index (χ4n) is 1.63. The summed E-state index contributed by atoms with van der Waals surface area (Å²) in [5, 5.41) is 5.99. The number of anilines is 3. The highest BCUT2D eigenvalue weighted by atomic mass is 127. The van der Waals surface area contributed by atoms with E-state index in [0.717, 1.165) is 9.26 Å². The Morgan fingerprint density at radius 1 is 1.22 bits per heavy atom. The van der Waals surface area contributed by atoms with Crippen molar-refractivity contribution in [2.75, 3.05) is 10.6 Å². The monoisotopic (exact) mass is 446 g/mol. The van der Waals surface area contributed by atoms with Gasteiger partial charge < -0.3 is 10.1 Å². The molecule has 0 aliphatic heterocycles. The zero-order valence-corrected chi connectivity index (χ0v) is 15.8. The number of ether oxygens (including phenoxy) is 1. The van der Waals surface area contributed by atoms with Crippen molar-refractivity contribution < 1.29 is 9.53 Å². The Bertz CT molecular complexity index is 702. The van der Waals surface area contributed by atoms with Crippen LogP contribution in [0, 0.1) is 3.57 Å². The maximum Gasteiger partial charge on any atom is 0.412 e. The van der Waals surface area contributed by atoms with Crippen LogP contribution >= 0.6 is 34.2 Å². The Kier molecular flexibility index (Phi) is 5.64. The lowest BCUT2D eigenvalue weighted by atomic mass is 10.2. The Balaban J connectivity index is 2.02. The maximum absolute atomic E-state index is 11.7. The third-order valence-electron chi connectivity index (χ3n) is 2.51. The maximum atomic E-state index is 11.7. The number of hydrogen-bond acceptors (Lipinski definition) is 5. The molecule has 1 aromatic heterocycles. The predicted molar refractivity (Wildman–Crippen MR) is 99.3 cm³/mol. The Morgan fingerprint density at radius 3 is 2.43 bits per heavy atom. The second-order valence-corrected chi connectivity index (χ2v) is 7.17. The SMILES string of the molecule is CC(C)(C)OC(=O)Nc1ccc(Nc2nc(Cl)ncc2I)cc1. The van der Waals surface area contributed by atoms with Gasteiger partial charge in [0, 0.05) is 17.6 Å². The van der Waals surface area contributed by atoms with Gasteiger partial charge in [0.2, 0.25) is 5.28 Å². The quantitative estimate of drug-likeness (QED) is 0.522. The predicted octanol–water partition coefficient (Wildman–Crippen LogP) is 4.83. The minimum absolute atomic E-state index is 0.177. The molecule has 0 radical (unpaired) electrons. The van der Waals surface area contributed by atoms with Gasteiger partial charge in [-0.1, -0.05) is 0 Å². The molecule has 122 valence electrons. The molecule has 0 bridgehead atoms. The number of carbonyl (C=O) groups is 1. The van der Waals surface area contributed by atoms with Gasteiger partial charge in [-0.05, 0) is 79.2 Å². The topological polar surface area (TPSA) is 76.1 Å². The first-order valence-electron chi connectivity index (χ1n) is 6.78. The smallest absolute Gasteiger partial charge is 0.412 e. The van der Waals surface area contributed by atoms with E-state index in [1.165, 1.54) is 0 Å². The highest BCUT2D eigenvalue weighted by Gasteiger charge is 2.16. The van der Waals surface area contributed by atoms with Gasteiger partial charge in [0.25, 0.3) is 0 Å². The molecule has 6 nitrogen and oxygen atoms in total.